The van der Waals surface area contributed by atoms with E-state index in [1.807, 2.05) is 29.7 Å². The van der Waals surface area contributed by atoms with Crippen molar-refractivity contribution in [1.29, 1.82) is 0 Å². The van der Waals surface area contributed by atoms with Crippen molar-refractivity contribution in [2.75, 3.05) is 5.32 Å². The van der Waals surface area contributed by atoms with Crippen LogP contribution in [0.25, 0.3) is 0 Å². The van der Waals surface area contributed by atoms with Crippen LogP contribution in [0.15, 0.2) is 34.9 Å². The van der Waals surface area contributed by atoms with E-state index in [1.165, 1.54) is 0 Å². The third-order valence-corrected chi connectivity index (χ3v) is 3.71. The standard InChI is InChI=1S/C15H16BrClN2O/c1-3-6-19-9-12(17)8-14(19)15(20)18-13-7-11(16)5-4-10(13)2/h4-5,7-9H,3,6H2,1-2H3,(H,18,20). The van der Waals surface area contributed by atoms with Crippen molar-refractivity contribution in [2.45, 2.75) is 26.8 Å². The van der Waals surface area contributed by atoms with Gasteiger partial charge >= 0.3 is 0 Å². The molecular formula is C15H16BrClN2O. The lowest BCUT2D eigenvalue weighted by atomic mass is 10.2. The molecule has 0 fully saturated rings. The lowest BCUT2D eigenvalue weighted by Gasteiger charge is -2.11. The van der Waals surface area contributed by atoms with Crippen molar-refractivity contribution in [1.82, 2.24) is 4.57 Å². The van der Waals surface area contributed by atoms with Crippen molar-refractivity contribution >= 4 is 39.1 Å². The Morgan fingerprint density at radius 1 is 1.40 bits per heavy atom. The number of carbonyl (C=O) groups excluding carboxylic acids is 1. The maximum atomic E-state index is 12.4. The van der Waals surface area contributed by atoms with Crippen LogP contribution >= 0.6 is 27.5 Å². The first-order valence-corrected chi connectivity index (χ1v) is 7.61. The lowest BCUT2D eigenvalue weighted by Crippen LogP contribution is -2.17. The molecular weight excluding hydrogens is 340 g/mol. The maximum Gasteiger partial charge on any atom is 0.272 e. The fourth-order valence-electron chi connectivity index (χ4n) is 2.01. The fourth-order valence-corrected chi connectivity index (χ4v) is 2.59. The minimum absolute atomic E-state index is 0.147. The summed E-state index contributed by atoms with van der Waals surface area (Å²) in [4.78, 5) is 12.4. The molecule has 0 unspecified atom stereocenters. The molecule has 2 rings (SSSR count). The number of nitrogens with zero attached hydrogens (tertiary/aromatic N) is 1. The van der Waals surface area contributed by atoms with Crippen LogP contribution in [-0.4, -0.2) is 10.5 Å². The predicted molar refractivity (Wildman–Crippen MR) is 86.6 cm³/mol. The van der Waals surface area contributed by atoms with Gasteiger partial charge in [-0.2, -0.15) is 0 Å². The second-order valence-electron chi connectivity index (χ2n) is 4.65. The number of amides is 1. The van der Waals surface area contributed by atoms with Crippen LogP contribution < -0.4 is 5.32 Å². The molecule has 0 atom stereocenters. The minimum atomic E-state index is -0.147. The zero-order valence-electron chi connectivity index (χ0n) is 11.4. The molecule has 20 heavy (non-hydrogen) atoms. The second kappa shape index (κ2) is 6.46. The van der Waals surface area contributed by atoms with Crippen LogP contribution in [-0.2, 0) is 6.54 Å². The minimum Gasteiger partial charge on any atom is -0.342 e. The first kappa shape index (κ1) is 15.1. The number of carbonyl (C=O) groups is 1. The molecule has 0 saturated heterocycles. The molecule has 1 N–H and O–H groups in total. The van der Waals surface area contributed by atoms with E-state index in [0.717, 1.165) is 28.7 Å². The van der Waals surface area contributed by atoms with Gasteiger partial charge in [0.25, 0.3) is 5.91 Å². The SMILES string of the molecule is CCCn1cc(Cl)cc1C(=O)Nc1cc(Br)ccc1C. The zero-order valence-corrected chi connectivity index (χ0v) is 13.8. The van der Waals surface area contributed by atoms with E-state index in [9.17, 15) is 4.79 Å². The molecule has 0 bridgehead atoms. The van der Waals surface area contributed by atoms with Crippen molar-refractivity contribution in [3.05, 3.63) is 51.2 Å². The van der Waals surface area contributed by atoms with Gasteiger partial charge in [-0.15, -0.1) is 0 Å². The highest BCUT2D eigenvalue weighted by Crippen LogP contribution is 2.22. The van der Waals surface area contributed by atoms with Crippen LogP contribution in [0.2, 0.25) is 5.02 Å². The highest BCUT2D eigenvalue weighted by atomic mass is 79.9. The van der Waals surface area contributed by atoms with Gasteiger partial charge in [-0.25, -0.2) is 0 Å². The average Bonchev–Trinajstić information content (AvgIpc) is 2.75. The summed E-state index contributed by atoms with van der Waals surface area (Å²) in [7, 11) is 0. The Hall–Kier alpha value is -1.26. The van der Waals surface area contributed by atoms with E-state index in [2.05, 4.69) is 28.2 Å². The molecule has 0 spiro atoms. The summed E-state index contributed by atoms with van der Waals surface area (Å²) in [6.07, 6.45) is 2.73. The van der Waals surface area contributed by atoms with Gasteiger partial charge in [0.15, 0.2) is 0 Å². The number of halogens is 2. The molecule has 106 valence electrons. The first-order chi connectivity index (χ1) is 9.51. The normalized spacial score (nSPS) is 10.6. The molecule has 0 aliphatic rings. The highest BCUT2D eigenvalue weighted by Gasteiger charge is 2.14. The Kier molecular flexibility index (Phi) is 4.89. The summed E-state index contributed by atoms with van der Waals surface area (Å²) in [6, 6.07) is 7.49. The van der Waals surface area contributed by atoms with E-state index in [1.54, 1.807) is 12.3 Å². The largest absolute Gasteiger partial charge is 0.342 e. The van der Waals surface area contributed by atoms with Gasteiger partial charge in [-0.1, -0.05) is 40.5 Å². The molecule has 1 aromatic heterocycles. The Bertz CT molecular complexity index is 637. The van der Waals surface area contributed by atoms with Gasteiger partial charge in [0, 0.05) is 22.9 Å². The van der Waals surface area contributed by atoms with Gasteiger partial charge in [0.05, 0.1) is 5.02 Å². The number of hydrogen-bond acceptors (Lipinski definition) is 1. The summed E-state index contributed by atoms with van der Waals surface area (Å²) in [5, 5.41) is 3.51. The molecule has 0 saturated carbocycles. The molecule has 0 aliphatic heterocycles. The van der Waals surface area contributed by atoms with Crippen LogP contribution in [0, 0.1) is 6.92 Å². The molecule has 1 aromatic carbocycles. The van der Waals surface area contributed by atoms with E-state index >= 15 is 0 Å². The van der Waals surface area contributed by atoms with Gasteiger partial charge in [0.2, 0.25) is 0 Å². The third kappa shape index (κ3) is 3.44. The first-order valence-electron chi connectivity index (χ1n) is 6.44. The van der Waals surface area contributed by atoms with E-state index in [-0.39, 0.29) is 5.91 Å². The molecule has 2 aromatic rings. The summed E-state index contributed by atoms with van der Waals surface area (Å²) < 4.78 is 2.81. The predicted octanol–water partition coefficient (Wildman–Crippen LogP) is 4.87. The monoisotopic (exact) mass is 354 g/mol. The Balaban J connectivity index is 2.26. The topological polar surface area (TPSA) is 34.0 Å². The van der Waals surface area contributed by atoms with Gasteiger partial charge in [0.1, 0.15) is 5.69 Å². The number of nitrogens with one attached hydrogen (secondary N) is 1. The molecule has 5 heteroatoms. The fraction of sp³-hybridized carbons (Fsp3) is 0.267. The molecule has 1 amide bonds. The van der Waals surface area contributed by atoms with Crippen molar-refractivity contribution < 1.29 is 4.79 Å². The molecule has 0 radical (unpaired) electrons. The van der Waals surface area contributed by atoms with E-state index in [0.29, 0.717) is 10.7 Å². The Morgan fingerprint density at radius 3 is 2.85 bits per heavy atom. The van der Waals surface area contributed by atoms with Crippen molar-refractivity contribution in [3.8, 4) is 0 Å². The van der Waals surface area contributed by atoms with E-state index in [4.69, 9.17) is 11.6 Å². The Labute approximate surface area is 132 Å². The van der Waals surface area contributed by atoms with Crippen LogP contribution in [0.1, 0.15) is 29.4 Å². The second-order valence-corrected chi connectivity index (χ2v) is 6.00. The van der Waals surface area contributed by atoms with E-state index < -0.39 is 0 Å². The Morgan fingerprint density at radius 2 is 2.15 bits per heavy atom. The van der Waals surface area contributed by atoms with Gasteiger partial charge in [-0.3, -0.25) is 4.79 Å². The van der Waals surface area contributed by atoms with Crippen LogP contribution in [0.3, 0.4) is 0 Å². The summed E-state index contributed by atoms with van der Waals surface area (Å²) in [6.45, 7) is 4.79. The quantitative estimate of drug-likeness (QED) is 0.833. The van der Waals surface area contributed by atoms with Crippen LogP contribution in [0.4, 0.5) is 5.69 Å². The summed E-state index contributed by atoms with van der Waals surface area (Å²) in [5.74, 6) is -0.147. The number of aryl methyl sites for hydroxylation is 2. The van der Waals surface area contributed by atoms with Crippen molar-refractivity contribution in [3.63, 3.8) is 0 Å². The molecule has 3 nitrogen and oxygen atoms in total. The molecule has 1 heterocycles. The van der Waals surface area contributed by atoms with Gasteiger partial charge in [-0.05, 0) is 37.1 Å². The molecule has 0 aliphatic carbocycles. The number of hydrogen-bond donors (Lipinski definition) is 1. The van der Waals surface area contributed by atoms with Crippen molar-refractivity contribution in [2.24, 2.45) is 0 Å². The number of aromatic nitrogens is 1. The number of benzene rings is 1. The number of anilines is 1. The zero-order chi connectivity index (χ0) is 14.7. The lowest BCUT2D eigenvalue weighted by molar-refractivity contribution is 0.101. The average molecular weight is 356 g/mol. The summed E-state index contributed by atoms with van der Waals surface area (Å²) >= 11 is 9.40. The maximum absolute atomic E-state index is 12.4. The number of rotatable bonds is 4. The smallest absolute Gasteiger partial charge is 0.272 e. The van der Waals surface area contributed by atoms with Crippen LogP contribution in [0.5, 0.6) is 0 Å². The summed E-state index contributed by atoms with van der Waals surface area (Å²) in [5.41, 5.74) is 2.39. The third-order valence-electron chi connectivity index (χ3n) is 3.01. The van der Waals surface area contributed by atoms with Gasteiger partial charge < -0.3 is 9.88 Å². The highest BCUT2D eigenvalue weighted by molar-refractivity contribution is 9.10.